The highest BCUT2D eigenvalue weighted by Gasteiger charge is 2.12. The molecular weight excluding hydrogens is 418 g/mol. The lowest BCUT2D eigenvalue weighted by Crippen LogP contribution is -2.34. The minimum absolute atomic E-state index is 0.224. The molecule has 0 fully saturated rings. The molecule has 3 aromatic carbocycles. The predicted octanol–water partition coefficient (Wildman–Crippen LogP) is 6.36. The highest BCUT2D eigenvalue weighted by atomic mass is 32.1. The monoisotopic (exact) mass is 443 g/mol. The molecule has 0 bridgehead atoms. The number of aryl methyl sites for hydroxylation is 2. The molecule has 32 heavy (non-hydrogen) atoms. The van der Waals surface area contributed by atoms with Crippen LogP contribution in [0.4, 0.5) is 5.69 Å². The first-order valence-corrected chi connectivity index (χ1v) is 10.9. The highest BCUT2D eigenvalue weighted by molar-refractivity contribution is 7.80. The summed E-state index contributed by atoms with van der Waals surface area (Å²) in [6.45, 7) is 8.25. The Morgan fingerprint density at radius 1 is 0.969 bits per heavy atom. The molecule has 162 valence electrons. The normalized spacial score (nSPS) is 11.0. The number of carbonyl (C=O) groups excluding carboxylic acids is 1. The summed E-state index contributed by atoms with van der Waals surface area (Å²) in [5.41, 5.74) is 6.94. The fourth-order valence-corrected chi connectivity index (χ4v) is 3.79. The van der Waals surface area contributed by atoms with Crippen LogP contribution in [0.3, 0.4) is 0 Å². The van der Waals surface area contributed by atoms with Crippen LogP contribution in [0, 0.1) is 13.8 Å². The van der Waals surface area contributed by atoms with E-state index in [1.54, 1.807) is 0 Å². The summed E-state index contributed by atoms with van der Waals surface area (Å²) in [7, 11) is 0. The molecule has 0 aliphatic rings. The van der Waals surface area contributed by atoms with E-state index in [-0.39, 0.29) is 11.0 Å². The Bertz CT molecular complexity index is 1290. The molecule has 0 unspecified atom stereocenters. The average Bonchev–Trinajstić information content (AvgIpc) is 3.16. The molecule has 5 nitrogen and oxygen atoms in total. The average molecular weight is 444 g/mol. The number of hydrogen-bond acceptors (Lipinski definition) is 4. The Morgan fingerprint density at radius 3 is 2.31 bits per heavy atom. The van der Waals surface area contributed by atoms with Gasteiger partial charge in [-0.1, -0.05) is 43.2 Å². The molecule has 0 radical (unpaired) electrons. The van der Waals surface area contributed by atoms with Crippen LogP contribution >= 0.6 is 12.2 Å². The summed E-state index contributed by atoms with van der Waals surface area (Å²) < 4.78 is 5.92. The third-order valence-electron chi connectivity index (χ3n) is 5.18. The van der Waals surface area contributed by atoms with Crippen molar-refractivity contribution in [3.63, 3.8) is 0 Å². The predicted molar refractivity (Wildman–Crippen MR) is 133 cm³/mol. The van der Waals surface area contributed by atoms with Gasteiger partial charge in [-0.15, -0.1) is 0 Å². The van der Waals surface area contributed by atoms with Gasteiger partial charge in [0.15, 0.2) is 10.7 Å². The van der Waals surface area contributed by atoms with Gasteiger partial charge in [-0.2, -0.15) is 0 Å². The number of amides is 1. The second-order valence-corrected chi connectivity index (χ2v) is 8.67. The molecular formula is C26H25N3O2S. The number of rotatable bonds is 4. The standard InChI is InChI=1S/C26H25N3O2S/c1-15(2)18-5-7-19(8-6-18)25-28-22-14-21(9-10-23(22)31-25)27-26(32)29-24(30)20-12-16(3)11-17(4)13-20/h5-15H,1-4H3,(H2,27,29,30,32). The van der Waals surface area contributed by atoms with Crippen molar-refractivity contribution in [2.24, 2.45) is 0 Å². The number of nitrogens with one attached hydrogen (secondary N) is 2. The second kappa shape index (κ2) is 8.93. The maximum atomic E-state index is 12.5. The van der Waals surface area contributed by atoms with Gasteiger partial charge in [-0.3, -0.25) is 10.1 Å². The smallest absolute Gasteiger partial charge is 0.257 e. The summed E-state index contributed by atoms with van der Waals surface area (Å²) in [6, 6.07) is 19.5. The number of aromatic nitrogens is 1. The van der Waals surface area contributed by atoms with Gasteiger partial charge in [0.2, 0.25) is 5.89 Å². The van der Waals surface area contributed by atoms with Gasteiger partial charge in [0, 0.05) is 16.8 Å². The van der Waals surface area contributed by atoms with Crippen LogP contribution < -0.4 is 10.6 Å². The number of carbonyl (C=O) groups is 1. The molecule has 4 rings (SSSR count). The summed E-state index contributed by atoms with van der Waals surface area (Å²) in [5.74, 6) is 0.794. The topological polar surface area (TPSA) is 67.2 Å². The van der Waals surface area contributed by atoms with Crippen LogP contribution in [0.1, 0.15) is 46.8 Å². The number of anilines is 1. The van der Waals surface area contributed by atoms with Gasteiger partial charge < -0.3 is 9.73 Å². The van der Waals surface area contributed by atoms with Gasteiger partial charge in [0.25, 0.3) is 5.91 Å². The number of fused-ring (bicyclic) bond motifs is 1. The van der Waals surface area contributed by atoms with E-state index in [2.05, 4.69) is 41.6 Å². The number of oxazole rings is 1. The molecule has 1 heterocycles. The molecule has 0 saturated carbocycles. The van der Waals surface area contributed by atoms with Crippen molar-refractivity contribution in [1.82, 2.24) is 10.3 Å². The Labute approximate surface area is 192 Å². The van der Waals surface area contributed by atoms with E-state index in [0.717, 1.165) is 22.4 Å². The van der Waals surface area contributed by atoms with Crippen molar-refractivity contribution in [3.05, 3.63) is 82.9 Å². The maximum Gasteiger partial charge on any atom is 0.257 e. The zero-order chi connectivity index (χ0) is 22.8. The Morgan fingerprint density at radius 2 is 1.66 bits per heavy atom. The summed E-state index contributed by atoms with van der Waals surface area (Å²) >= 11 is 5.33. The molecule has 2 N–H and O–H groups in total. The van der Waals surface area contributed by atoms with Crippen molar-refractivity contribution >= 4 is 40.0 Å². The van der Waals surface area contributed by atoms with Gasteiger partial charge in [0.1, 0.15) is 5.52 Å². The van der Waals surface area contributed by atoms with Crippen molar-refractivity contribution in [1.29, 1.82) is 0 Å². The van der Waals surface area contributed by atoms with Gasteiger partial charge in [-0.25, -0.2) is 4.98 Å². The highest BCUT2D eigenvalue weighted by Crippen LogP contribution is 2.27. The van der Waals surface area contributed by atoms with Crippen LogP contribution in [-0.4, -0.2) is 16.0 Å². The fourth-order valence-electron chi connectivity index (χ4n) is 3.58. The minimum atomic E-state index is -0.246. The van der Waals surface area contributed by atoms with E-state index in [1.165, 1.54) is 5.56 Å². The van der Waals surface area contributed by atoms with Crippen molar-refractivity contribution in [2.45, 2.75) is 33.6 Å². The van der Waals surface area contributed by atoms with Crippen LogP contribution in [0.15, 0.2) is 65.1 Å². The van der Waals surface area contributed by atoms with Crippen LogP contribution in [0.25, 0.3) is 22.6 Å². The molecule has 0 atom stereocenters. The second-order valence-electron chi connectivity index (χ2n) is 8.26. The zero-order valence-corrected chi connectivity index (χ0v) is 19.3. The lowest BCUT2D eigenvalue weighted by Gasteiger charge is -2.10. The lowest BCUT2D eigenvalue weighted by atomic mass is 10.0. The van der Waals surface area contributed by atoms with E-state index in [1.807, 2.05) is 62.4 Å². The van der Waals surface area contributed by atoms with E-state index in [9.17, 15) is 4.79 Å². The molecule has 0 aliphatic heterocycles. The van der Waals surface area contributed by atoms with E-state index in [0.29, 0.717) is 28.5 Å². The molecule has 0 saturated heterocycles. The third-order valence-corrected chi connectivity index (χ3v) is 5.38. The van der Waals surface area contributed by atoms with Gasteiger partial charge in [-0.05, 0) is 80.0 Å². The fraction of sp³-hybridized carbons (Fsp3) is 0.192. The maximum absolute atomic E-state index is 12.5. The molecule has 1 aromatic heterocycles. The van der Waals surface area contributed by atoms with Crippen molar-refractivity contribution in [2.75, 3.05) is 5.32 Å². The van der Waals surface area contributed by atoms with Crippen LogP contribution in [-0.2, 0) is 0 Å². The molecule has 0 spiro atoms. The molecule has 0 aliphatic carbocycles. The largest absolute Gasteiger partial charge is 0.436 e. The Hall–Kier alpha value is -3.51. The van der Waals surface area contributed by atoms with Crippen LogP contribution in [0.2, 0.25) is 0 Å². The molecule has 1 amide bonds. The number of benzene rings is 3. The van der Waals surface area contributed by atoms with Gasteiger partial charge in [0.05, 0.1) is 0 Å². The van der Waals surface area contributed by atoms with Gasteiger partial charge >= 0.3 is 0 Å². The number of thiocarbonyl (C=S) groups is 1. The zero-order valence-electron chi connectivity index (χ0n) is 18.5. The number of nitrogens with zero attached hydrogens (tertiary/aromatic N) is 1. The first-order chi connectivity index (χ1) is 15.3. The van der Waals surface area contributed by atoms with E-state index in [4.69, 9.17) is 16.6 Å². The summed E-state index contributed by atoms with van der Waals surface area (Å²) in [5, 5.41) is 6.00. The summed E-state index contributed by atoms with van der Waals surface area (Å²) in [6.07, 6.45) is 0. The first-order valence-electron chi connectivity index (χ1n) is 10.5. The first kappa shape index (κ1) is 21.7. The van der Waals surface area contributed by atoms with E-state index >= 15 is 0 Å². The van der Waals surface area contributed by atoms with E-state index < -0.39 is 0 Å². The summed E-state index contributed by atoms with van der Waals surface area (Å²) in [4.78, 5) is 17.1. The lowest BCUT2D eigenvalue weighted by molar-refractivity contribution is 0.0977. The van der Waals surface area contributed by atoms with Crippen LogP contribution in [0.5, 0.6) is 0 Å². The number of hydrogen-bond donors (Lipinski definition) is 2. The quantitative estimate of drug-likeness (QED) is 0.359. The van der Waals surface area contributed by atoms with Crippen molar-refractivity contribution in [3.8, 4) is 11.5 Å². The minimum Gasteiger partial charge on any atom is -0.436 e. The SMILES string of the molecule is Cc1cc(C)cc(C(=O)NC(=S)Nc2ccc3oc(-c4ccc(C(C)C)cc4)nc3c2)c1. The molecule has 4 aromatic rings. The Balaban J connectivity index is 1.47. The van der Waals surface area contributed by atoms with Crippen molar-refractivity contribution < 1.29 is 9.21 Å². The Kier molecular flexibility index (Phi) is 6.06. The third kappa shape index (κ3) is 4.86. The molecule has 6 heteroatoms.